The number of hydrogen-bond acceptors (Lipinski definition) is 6. The molecule has 6 nitrogen and oxygen atoms in total. The first-order valence-corrected chi connectivity index (χ1v) is 13.8. The quantitative estimate of drug-likeness (QED) is 0.411. The SMILES string of the molecule is CC(C)(CO)CCCC1=CC(=O)C=C(C=CC2=CC(=O)C=C(CCCC(C)(C)CO)S2=O)S1=O. The average Bonchev–Trinajstić information content (AvgIpc) is 2.77. The van der Waals surface area contributed by atoms with Gasteiger partial charge in [-0.3, -0.25) is 9.59 Å². The van der Waals surface area contributed by atoms with E-state index in [1.807, 2.05) is 27.7 Å². The van der Waals surface area contributed by atoms with Crippen molar-refractivity contribution in [1.82, 2.24) is 0 Å². The molecule has 0 bridgehead atoms. The van der Waals surface area contributed by atoms with Gasteiger partial charge in [0.25, 0.3) is 0 Å². The van der Waals surface area contributed by atoms with Crippen molar-refractivity contribution in [2.75, 3.05) is 13.2 Å². The van der Waals surface area contributed by atoms with Crippen LogP contribution in [0.5, 0.6) is 0 Å². The molecule has 0 radical (unpaired) electrons. The number of carbonyl (C=O) groups is 2. The molecular formula is C26H36O6S2. The molecule has 8 heteroatoms. The van der Waals surface area contributed by atoms with E-state index < -0.39 is 21.6 Å². The maximum atomic E-state index is 13.0. The lowest BCUT2D eigenvalue weighted by Gasteiger charge is -2.22. The summed E-state index contributed by atoms with van der Waals surface area (Å²) in [4.78, 5) is 26.0. The lowest BCUT2D eigenvalue weighted by atomic mass is 9.88. The Morgan fingerprint density at radius 3 is 1.38 bits per heavy atom. The fourth-order valence-corrected chi connectivity index (χ4v) is 6.09. The van der Waals surface area contributed by atoms with Crippen molar-refractivity contribution in [1.29, 1.82) is 0 Å². The maximum Gasteiger partial charge on any atom is 0.180 e. The number of carbonyl (C=O) groups excluding carboxylic acids is 2. The summed E-state index contributed by atoms with van der Waals surface area (Å²) in [5.74, 6) is -0.504. The number of allylic oxidation sites excluding steroid dienone is 8. The van der Waals surface area contributed by atoms with Gasteiger partial charge in [-0.25, -0.2) is 8.42 Å². The summed E-state index contributed by atoms with van der Waals surface area (Å²) in [6, 6.07) is 0. The minimum absolute atomic E-state index is 0.0581. The second kappa shape index (κ2) is 12.3. The van der Waals surface area contributed by atoms with Crippen molar-refractivity contribution in [3.05, 3.63) is 56.1 Å². The van der Waals surface area contributed by atoms with E-state index in [-0.39, 0.29) is 35.6 Å². The molecule has 0 aliphatic carbocycles. The maximum absolute atomic E-state index is 13.0. The Morgan fingerprint density at radius 1 is 0.706 bits per heavy atom. The first-order valence-electron chi connectivity index (χ1n) is 11.5. The van der Waals surface area contributed by atoms with E-state index in [9.17, 15) is 28.2 Å². The Morgan fingerprint density at radius 2 is 1.06 bits per heavy atom. The second-order valence-corrected chi connectivity index (χ2v) is 13.4. The number of aliphatic hydroxyl groups excluding tert-OH is 2. The van der Waals surface area contributed by atoms with Gasteiger partial charge in [-0.1, -0.05) is 27.7 Å². The van der Waals surface area contributed by atoms with Crippen LogP contribution in [0.4, 0.5) is 0 Å². The Kier molecular flexibility index (Phi) is 10.3. The second-order valence-electron chi connectivity index (χ2n) is 10.3. The Balaban J connectivity index is 2.04. The Labute approximate surface area is 207 Å². The minimum atomic E-state index is -1.51. The van der Waals surface area contributed by atoms with Crippen LogP contribution in [0.3, 0.4) is 0 Å². The lowest BCUT2D eigenvalue weighted by molar-refractivity contribution is -0.111. The average molecular weight is 509 g/mol. The van der Waals surface area contributed by atoms with Crippen LogP contribution in [0.2, 0.25) is 0 Å². The van der Waals surface area contributed by atoms with Crippen molar-refractivity contribution in [2.45, 2.75) is 66.2 Å². The van der Waals surface area contributed by atoms with Gasteiger partial charge in [0.2, 0.25) is 0 Å². The Hall–Kier alpha value is -1.74. The van der Waals surface area contributed by atoms with Gasteiger partial charge in [0, 0.05) is 45.0 Å². The summed E-state index contributed by atoms with van der Waals surface area (Å²) in [6.07, 6.45) is 12.2. The van der Waals surface area contributed by atoms with Crippen LogP contribution >= 0.6 is 0 Å². The topological polar surface area (TPSA) is 109 Å². The molecule has 0 fully saturated rings. The first-order chi connectivity index (χ1) is 15.9. The molecule has 0 aromatic heterocycles. The fourth-order valence-electron chi connectivity index (χ4n) is 3.55. The fraction of sp³-hybridized carbons (Fsp3) is 0.538. The van der Waals surface area contributed by atoms with Gasteiger partial charge in [-0.05, 0) is 73.7 Å². The van der Waals surface area contributed by atoms with Gasteiger partial charge in [-0.15, -0.1) is 0 Å². The van der Waals surface area contributed by atoms with Crippen molar-refractivity contribution in [2.24, 2.45) is 10.8 Å². The van der Waals surface area contributed by atoms with E-state index in [0.29, 0.717) is 45.3 Å². The normalized spacial score (nSPS) is 21.9. The molecule has 2 unspecified atom stereocenters. The molecule has 2 N–H and O–H groups in total. The molecule has 2 rings (SSSR count). The van der Waals surface area contributed by atoms with Crippen molar-refractivity contribution in [3.8, 4) is 0 Å². The number of ketones is 2. The zero-order chi connectivity index (χ0) is 25.5. The zero-order valence-corrected chi connectivity index (χ0v) is 22.1. The highest BCUT2D eigenvalue weighted by Gasteiger charge is 2.23. The third kappa shape index (κ3) is 8.48. The minimum Gasteiger partial charge on any atom is -0.396 e. The number of hydrogen-bond donors (Lipinski definition) is 2. The molecule has 2 aliphatic rings. The summed E-state index contributed by atoms with van der Waals surface area (Å²) in [5.41, 5.74) is -0.467. The van der Waals surface area contributed by atoms with Crippen LogP contribution in [0.25, 0.3) is 0 Å². The Bertz CT molecular complexity index is 928. The monoisotopic (exact) mass is 508 g/mol. The van der Waals surface area contributed by atoms with Crippen molar-refractivity contribution in [3.63, 3.8) is 0 Å². The van der Waals surface area contributed by atoms with Crippen LogP contribution in [0.15, 0.2) is 56.1 Å². The van der Waals surface area contributed by atoms with Crippen molar-refractivity contribution >= 4 is 33.2 Å². The molecular weight excluding hydrogens is 472 g/mol. The van der Waals surface area contributed by atoms with Crippen molar-refractivity contribution < 1.29 is 28.2 Å². The first kappa shape index (κ1) is 28.5. The summed E-state index contributed by atoms with van der Waals surface area (Å²) < 4.78 is 25.9. The lowest BCUT2D eigenvalue weighted by Crippen LogP contribution is -2.17. The van der Waals surface area contributed by atoms with E-state index in [0.717, 1.165) is 12.8 Å². The summed E-state index contributed by atoms with van der Waals surface area (Å²) in [7, 11) is -3.03. The summed E-state index contributed by atoms with van der Waals surface area (Å²) in [6.45, 7) is 7.93. The summed E-state index contributed by atoms with van der Waals surface area (Å²) in [5, 5.41) is 18.8. The molecule has 2 atom stereocenters. The van der Waals surface area contributed by atoms with E-state index in [4.69, 9.17) is 0 Å². The number of rotatable bonds is 12. The summed E-state index contributed by atoms with van der Waals surface area (Å²) >= 11 is 0. The van der Waals surface area contributed by atoms with E-state index in [2.05, 4.69) is 0 Å². The highest BCUT2D eigenvalue weighted by Crippen LogP contribution is 2.30. The van der Waals surface area contributed by atoms with Gasteiger partial charge in [0.1, 0.15) is 0 Å². The highest BCUT2D eigenvalue weighted by atomic mass is 32.2. The van der Waals surface area contributed by atoms with Crippen LogP contribution in [0, 0.1) is 10.8 Å². The molecule has 0 spiro atoms. The molecule has 2 aliphatic heterocycles. The predicted octanol–water partition coefficient (Wildman–Crippen LogP) is 4.12. The van der Waals surface area contributed by atoms with Crippen LogP contribution in [0.1, 0.15) is 66.2 Å². The molecule has 0 saturated heterocycles. The van der Waals surface area contributed by atoms with E-state index in [1.54, 1.807) is 0 Å². The van der Waals surface area contributed by atoms with Gasteiger partial charge in [0.05, 0.1) is 21.6 Å². The molecule has 188 valence electrons. The molecule has 0 aromatic carbocycles. The molecule has 0 amide bonds. The molecule has 2 heterocycles. The number of aliphatic hydroxyl groups is 2. The third-order valence-electron chi connectivity index (χ3n) is 5.90. The largest absolute Gasteiger partial charge is 0.396 e. The van der Waals surface area contributed by atoms with E-state index in [1.165, 1.54) is 36.5 Å². The highest BCUT2D eigenvalue weighted by molar-refractivity contribution is 7.93. The van der Waals surface area contributed by atoms with Crippen LogP contribution < -0.4 is 0 Å². The standard InChI is InChI=1S/C26H36O6S2/c1-25(2,17-27)11-5-7-21-13-19(29)15-23(33(21)31)9-10-24-16-20(30)14-22(34(24)32)8-6-12-26(3,4)18-28/h9-10,13-16,27-28H,5-8,11-12,17-18H2,1-4H3. The van der Waals surface area contributed by atoms with Crippen LogP contribution in [-0.4, -0.2) is 43.4 Å². The van der Waals surface area contributed by atoms with Gasteiger partial charge < -0.3 is 10.2 Å². The predicted molar refractivity (Wildman–Crippen MR) is 137 cm³/mol. The van der Waals surface area contributed by atoms with E-state index >= 15 is 0 Å². The smallest absolute Gasteiger partial charge is 0.180 e. The van der Waals surface area contributed by atoms with Gasteiger partial charge in [-0.2, -0.15) is 0 Å². The van der Waals surface area contributed by atoms with Gasteiger partial charge >= 0.3 is 0 Å². The van der Waals surface area contributed by atoms with Gasteiger partial charge in [0.15, 0.2) is 11.6 Å². The van der Waals surface area contributed by atoms with Crippen LogP contribution in [-0.2, 0) is 31.2 Å². The third-order valence-corrected chi connectivity index (χ3v) is 8.86. The molecule has 34 heavy (non-hydrogen) atoms. The molecule has 0 saturated carbocycles. The zero-order valence-electron chi connectivity index (χ0n) is 20.5. The molecule has 0 aromatic rings.